The third-order valence-electron chi connectivity index (χ3n) is 2.62. The lowest BCUT2D eigenvalue weighted by molar-refractivity contribution is 0.101. The van der Waals surface area contributed by atoms with Crippen molar-refractivity contribution in [1.29, 1.82) is 0 Å². The van der Waals surface area contributed by atoms with Crippen LogP contribution in [0.2, 0.25) is 5.02 Å². The van der Waals surface area contributed by atoms with Gasteiger partial charge in [-0.05, 0) is 44.4 Å². The smallest absolute Gasteiger partial charge is 0.163 e. The van der Waals surface area contributed by atoms with Crippen molar-refractivity contribution < 1.29 is 9.53 Å². The van der Waals surface area contributed by atoms with Gasteiger partial charge >= 0.3 is 0 Å². The summed E-state index contributed by atoms with van der Waals surface area (Å²) in [6, 6.07) is 1.70. The molecular weight excluding hydrogens is 224 g/mol. The van der Waals surface area contributed by atoms with Crippen LogP contribution in [-0.2, 0) is 6.42 Å². The topological polar surface area (TPSA) is 26.3 Å². The van der Waals surface area contributed by atoms with Gasteiger partial charge in [0.2, 0.25) is 0 Å². The normalized spacial score (nSPS) is 10.3. The fourth-order valence-electron chi connectivity index (χ4n) is 1.77. The molecule has 88 valence electrons. The van der Waals surface area contributed by atoms with E-state index in [0.717, 1.165) is 17.5 Å². The molecule has 0 aromatic heterocycles. The lowest BCUT2D eigenvalue weighted by atomic mass is 9.99. The van der Waals surface area contributed by atoms with Crippen LogP contribution in [0.25, 0.3) is 0 Å². The average molecular weight is 241 g/mol. The summed E-state index contributed by atoms with van der Waals surface area (Å²) in [5.41, 5.74) is 2.60. The molecule has 0 heterocycles. The molecule has 0 aliphatic carbocycles. The number of ether oxygens (including phenoxy) is 1. The molecule has 0 saturated carbocycles. The molecule has 1 aromatic rings. The van der Waals surface area contributed by atoms with E-state index in [1.54, 1.807) is 6.07 Å². The Hall–Kier alpha value is -1.02. The summed E-state index contributed by atoms with van der Waals surface area (Å²) in [4.78, 5) is 11.5. The number of rotatable bonds is 4. The van der Waals surface area contributed by atoms with Crippen molar-refractivity contribution in [3.8, 4) is 5.75 Å². The quantitative estimate of drug-likeness (QED) is 0.748. The molecular formula is C13H17ClO2. The van der Waals surface area contributed by atoms with E-state index >= 15 is 0 Å². The molecule has 1 aromatic carbocycles. The van der Waals surface area contributed by atoms with Crippen LogP contribution in [0.5, 0.6) is 5.75 Å². The van der Waals surface area contributed by atoms with Crippen LogP contribution in [0.1, 0.15) is 42.3 Å². The van der Waals surface area contributed by atoms with E-state index in [1.165, 1.54) is 6.92 Å². The minimum absolute atomic E-state index is 0.0138. The summed E-state index contributed by atoms with van der Waals surface area (Å²) in [6.45, 7) is 7.98. The molecule has 0 aliphatic rings. The van der Waals surface area contributed by atoms with Gasteiger partial charge in [-0.2, -0.15) is 0 Å². The first-order chi connectivity index (χ1) is 7.52. The van der Waals surface area contributed by atoms with Crippen molar-refractivity contribution in [3.63, 3.8) is 0 Å². The standard InChI is InChI=1S/C13H17ClO2/c1-5-10-8(3)12(14)7-11(9(4)15)13(10)16-6-2/h7H,5-6H2,1-4H3. The maximum absolute atomic E-state index is 11.5. The maximum Gasteiger partial charge on any atom is 0.163 e. The molecule has 2 nitrogen and oxygen atoms in total. The monoisotopic (exact) mass is 240 g/mol. The Kier molecular flexibility index (Phi) is 4.36. The van der Waals surface area contributed by atoms with Gasteiger partial charge in [0.05, 0.1) is 12.2 Å². The minimum Gasteiger partial charge on any atom is -0.493 e. The number of ketones is 1. The van der Waals surface area contributed by atoms with Crippen molar-refractivity contribution in [2.24, 2.45) is 0 Å². The van der Waals surface area contributed by atoms with E-state index in [2.05, 4.69) is 0 Å². The second kappa shape index (κ2) is 5.35. The highest BCUT2D eigenvalue weighted by atomic mass is 35.5. The van der Waals surface area contributed by atoms with Crippen LogP contribution < -0.4 is 4.74 Å². The van der Waals surface area contributed by atoms with Gasteiger partial charge in [-0.3, -0.25) is 4.79 Å². The summed E-state index contributed by atoms with van der Waals surface area (Å²) >= 11 is 6.11. The van der Waals surface area contributed by atoms with E-state index < -0.39 is 0 Å². The molecule has 0 atom stereocenters. The number of Topliss-reactive ketones (excluding diaryl/α,β-unsaturated/α-hetero) is 1. The number of carbonyl (C=O) groups is 1. The Morgan fingerprint density at radius 3 is 2.50 bits per heavy atom. The molecule has 0 radical (unpaired) electrons. The number of benzene rings is 1. The summed E-state index contributed by atoms with van der Waals surface area (Å²) < 4.78 is 5.58. The van der Waals surface area contributed by atoms with Crippen LogP contribution in [0, 0.1) is 6.92 Å². The molecule has 0 amide bonds. The lowest BCUT2D eigenvalue weighted by Gasteiger charge is -2.16. The van der Waals surface area contributed by atoms with Gasteiger partial charge in [-0.15, -0.1) is 0 Å². The number of carbonyl (C=O) groups excluding carboxylic acids is 1. The Balaban J connectivity index is 3.49. The van der Waals surface area contributed by atoms with Crippen LogP contribution in [0.3, 0.4) is 0 Å². The first-order valence-corrected chi connectivity index (χ1v) is 5.86. The molecule has 16 heavy (non-hydrogen) atoms. The van der Waals surface area contributed by atoms with Crippen LogP contribution in [0.4, 0.5) is 0 Å². The molecule has 0 fully saturated rings. The highest BCUT2D eigenvalue weighted by molar-refractivity contribution is 6.32. The molecule has 0 unspecified atom stereocenters. The van der Waals surface area contributed by atoms with Crippen molar-refractivity contribution in [1.82, 2.24) is 0 Å². The van der Waals surface area contributed by atoms with Gasteiger partial charge in [0, 0.05) is 5.02 Å². The zero-order valence-electron chi connectivity index (χ0n) is 10.2. The van der Waals surface area contributed by atoms with Crippen molar-refractivity contribution in [2.75, 3.05) is 6.61 Å². The fraction of sp³-hybridized carbons (Fsp3) is 0.462. The van der Waals surface area contributed by atoms with Crippen LogP contribution in [0.15, 0.2) is 6.07 Å². The third-order valence-corrected chi connectivity index (χ3v) is 3.01. The minimum atomic E-state index is -0.0138. The predicted molar refractivity (Wildman–Crippen MR) is 66.7 cm³/mol. The van der Waals surface area contributed by atoms with E-state index in [9.17, 15) is 4.79 Å². The summed E-state index contributed by atoms with van der Waals surface area (Å²) in [5, 5.41) is 0.630. The number of halogens is 1. The van der Waals surface area contributed by atoms with Crippen molar-refractivity contribution in [2.45, 2.75) is 34.1 Å². The highest BCUT2D eigenvalue weighted by Crippen LogP contribution is 2.33. The predicted octanol–water partition coefficient (Wildman–Crippen LogP) is 3.81. The Labute approximate surface area is 102 Å². The van der Waals surface area contributed by atoms with E-state index in [1.807, 2.05) is 20.8 Å². The Morgan fingerprint density at radius 1 is 1.44 bits per heavy atom. The number of hydrogen-bond acceptors (Lipinski definition) is 2. The summed E-state index contributed by atoms with van der Waals surface area (Å²) in [7, 11) is 0. The van der Waals surface area contributed by atoms with Gasteiger partial charge < -0.3 is 4.74 Å². The summed E-state index contributed by atoms with van der Waals surface area (Å²) in [5.74, 6) is 0.680. The van der Waals surface area contributed by atoms with E-state index in [4.69, 9.17) is 16.3 Å². The highest BCUT2D eigenvalue weighted by Gasteiger charge is 2.17. The first-order valence-electron chi connectivity index (χ1n) is 5.48. The Bertz CT molecular complexity index is 411. The van der Waals surface area contributed by atoms with Gasteiger partial charge in [-0.1, -0.05) is 18.5 Å². The molecule has 0 N–H and O–H groups in total. The van der Waals surface area contributed by atoms with Gasteiger partial charge in [-0.25, -0.2) is 0 Å². The largest absolute Gasteiger partial charge is 0.493 e. The lowest BCUT2D eigenvalue weighted by Crippen LogP contribution is -2.06. The molecule has 0 aliphatic heterocycles. The number of hydrogen-bond donors (Lipinski definition) is 0. The average Bonchev–Trinajstić information content (AvgIpc) is 2.23. The Morgan fingerprint density at radius 2 is 2.06 bits per heavy atom. The van der Waals surface area contributed by atoms with E-state index in [-0.39, 0.29) is 5.78 Å². The second-order valence-corrected chi connectivity index (χ2v) is 4.09. The fourth-order valence-corrected chi connectivity index (χ4v) is 2.00. The van der Waals surface area contributed by atoms with Gasteiger partial charge in [0.15, 0.2) is 5.78 Å². The molecule has 3 heteroatoms. The zero-order valence-corrected chi connectivity index (χ0v) is 10.9. The molecule has 0 bridgehead atoms. The first kappa shape index (κ1) is 13.0. The van der Waals surface area contributed by atoms with Crippen LogP contribution in [-0.4, -0.2) is 12.4 Å². The van der Waals surface area contributed by atoms with Crippen LogP contribution >= 0.6 is 11.6 Å². The zero-order chi connectivity index (χ0) is 12.3. The maximum atomic E-state index is 11.5. The van der Waals surface area contributed by atoms with Gasteiger partial charge in [0.25, 0.3) is 0 Å². The van der Waals surface area contributed by atoms with E-state index in [0.29, 0.717) is 22.9 Å². The molecule has 0 spiro atoms. The third kappa shape index (κ3) is 2.38. The van der Waals surface area contributed by atoms with Crippen molar-refractivity contribution in [3.05, 3.63) is 27.8 Å². The van der Waals surface area contributed by atoms with Crippen molar-refractivity contribution >= 4 is 17.4 Å². The SMILES string of the molecule is CCOc1c(C(C)=O)cc(Cl)c(C)c1CC. The molecule has 1 rings (SSSR count). The van der Waals surface area contributed by atoms with Gasteiger partial charge in [0.1, 0.15) is 5.75 Å². The molecule has 0 saturated heterocycles. The second-order valence-electron chi connectivity index (χ2n) is 3.68. The summed E-state index contributed by atoms with van der Waals surface area (Å²) in [6.07, 6.45) is 0.808.